The Morgan fingerprint density at radius 3 is 2.55 bits per heavy atom. The summed E-state index contributed by atoms with van der Waals surface area (Å²) in [5, 5.41) is 3.91. The van der Waals surface area contributed by atoms with Crippen LogP contribution in [0.2, 0.25) is 0 Å². The predicted molar refractivity (Wildman–Crippen MR) is 92.2 cm³/mol. The molecule has 3 aromatic rings. The summed E-state index contributed by atoms with van der Waals surface area (Å²) in [5.74, 6) is 0.426. The lowest BCUT2D eigenvalue weighted by Gasteiger charge is -2.07. The minimum absolute atomic E-state index is 0.0236. The van der Waals surface area contributed by atoms with E-state index in [-0.39, 0.29) is 5.91 Å². The van der Waals surface area contributed by atoms with Crippen molar-refractivity contribution in [3.63, 3.8) is 0 Å². The summed E-state index contributed by atoms with van der Waals surface area (Å²) in [7, 11) is 0. The first-order valence-electron chi connectivity index (χ1n) is 7.37. The molecule has 3 rings (SSSR count). The number of amides is 1. The standard InChI is InChI=1S/C18H18N2OS/c1-12(2)11-19-17(21)13-7-9-14(10-8-13)18-20-15-5-3-4-6-16(15)22-18/h3-10,12H,11H2,1-2H3,(H,19,21). The van der Waals surface area contributed by atoms with Crippen LogP contribution in [0.1, 0.15) is 24.2 Å². The molecule has 1 aromatic heterocycles. The third kappa shape index (κ3) is 3.17. The van der Waals surface area contributed by atoms with E-state index in [4.69, 9.17) is 0 Å². The minimum Gasteiger partial charge on any atom is -0.352 e. The SMILES string of the molecule is CC(C)CNC(=O)c1ccc(-c2nc3ccccc3s2)cc1. The smallest absolute Gasteiger partial charge is 0.251 e. The molecular formula is C18H18N2OS. The summed E-state index contributed by atoms with van der Waals surface area (Å²) in [4.78, 5) is 16.6. The van der Waals surface area contributed by atoms with E-state index in [0.717, 1.165) is 16.1 Å². The molecule has 1 amide bonds. The molecular weight excluding hydrogens is 292 g/mol. The van der Waals surface area contributed by atoms with Crippen LogP contribution < -0.4 is 5.32 Å². The Morgan fingerprint density at radius 2 is 1.86 bits per heavy atom. The number of nitrogens with one attached hydrogen (secondary N) is 1. The highest BCUT2D eigenvalue weighted by atomic mass is 32.1. The quantitative estimate of drug-likeness (QED) is 0.778. The second-order valence-electron chi connectivity index (χ2n) is 5.67. The van der Waals surface area contributed by atoms with Crippen molar-refractivity contribution in [2.45, 2.75) is 13.8 Å². The molecule has 3 nitrogen and oxygen atoms in total. The van der Waals surface area contributed by atoms with Crippen molar-refractivity contribution in [1.82, 2.24) is 10.3 Å². The van der Waals surface area contributed by atoms with Crippen LogP contribution in [0.25, 0.3) is 20.8 Å². The van der Waals surface area contributed by atoms with E-state index >= 15 is 0 Å². The van der Waals surface area contributed by atoms with Gasteiger partial charge in [-0.2, -0.15) is 0 Å². The Hall–Kier alpha value is -2.20. The molecule has 0 radical (unpaired) electrons. The fourth-order valence-electron chi connectivity index (χ4n) is 2.16. The number of carbonyl (C=O) groups is 1. The van der Waals surface area contributed by atoms with Gasteiger partial charge in [0.1, 0.15) is 5.01 Å². The number of nitrogens with zero attached hydrogens (tertiary/aromatic N) is 1. The zero-order valence-corrected chi connectivity index (χ0v) is 13.5. The van der Waals surface area contributed by atoms with Crippen molar-refractivity contribution in [2.24, 2.45) is 5.92 Å². The van der Waals surface area contributed by atoms with Gasteiger partial charge >= 0.3 is 0 Å². The van der Waals surface area contributed by atoms with Gasteiger partial charge in [0.2, 0.25) is 0 Å². The summed E-state index contributed by atoms with van der Waals surface area (Å²) < 4.78 is 1.18. The molecule has 1 heterocycles. The van der Waals surface area contributed by atoms with Crippen LogP contribution in [-0.2, 0) is 0 Å². The van der Waals surface area contributed by atoms with Crippen molar-refractivity contribution in [3.8, 4) is 10.6 Å². The number of thiazole rings is 1. The van der Waals surface area contributed by atoms with Gasteiger partial charge in [-0.1, -0.05) is 38.1 Å². The van der Waals surface area contributed by atoms with Gasteiger partial charge in [-0.15, -0.1) is 11.3 Å². The van der Waals surface area contributed by atoms with Crippen LogP contribution in [0, 0.1) is 5.92 Å². The monoisotopic (exact) mass is 310 g/mol. The zero-order valence-electron chi connectivity index (χ0n) is 12.7. The largest absolute Gasteiger partial charge is 0.352 e. The van der Waals surface area contributed by atoms with Crippen LogP contribution >= 0.6 is 11.3 Å². The van der Waals surface area contributed by atoms with E-state index in [1.165, 1.54) is 4.70 Å². The molecule has 0 saturated carbocycles. The molecule has 4 heteroatoms. The predicted octanol–water partition coefficient (Wildman–Crippen LogP) is 4.35. The van der Waals surface area contributed by atoms with Crippen molar-refractivity contribution in [2.75, 3.05) is 6.54 Å². The van der Waals surface area contributed by atoms with Gasteiger partial charge in [-0.25, -0.2) is 4.98 Å². The molecule has 0 spiro atoms. The Labute approximate surface area is 134 Å². The average Bonchev–Trinajstić information content (AvgIpc) is 2.96. The second kappa shape index (κ2) is 6.28. The third-order valence-corrected chi connectivity index (χ3v) is 4.44. The van der Waals surface area contributed by atoms with Gasteiger partial charge in [0.05, 0.1) is 10.2 Å². The summed E-state index contributed by atoms with van der Waals surface area (Å²) in [5.41, 5.74) is 2.74. The van der Waals surface area contributed by atoms with E-state index in [1.807, 2.05) is 42.5 Å². The topological polar surface area (TPSA) is 42.0 Å². The highest BCUT2D eigenvalue weighted by Crippen LogP contribution is 2.29. The van der Waals surface area contributed by atoms with Crippen LogP contribution in [-0.4, -0.2) is 17.4 Å². The Balaban J connectivity index is 1.80. The first-order chi connectivity index (χ1) is 10.6. The summed E-state index contributed by atoms with van der Waals surface area (Å²) in [6.07, 6.45) is 0. The molecule has 0 fully saturated rings. The Bertz CT molecular complexity index is 757. The van der Waals surface area contributed by atoms with Gasteiger partial charge in [0, 0.05) is 17.7 Å². The maximum atomic E-state index is 12.0. The van der Waals surface area contributed by atoms with E-state index < -0.39 is 0 Å². The molecule has 0 saturated heterocycles. The highest BCUT2D eigenvalue weighted by molar-refractivity contribution is 7.21. The minimum atomic E-state index is -0.0236. The summed E-state index contributed by atoms with van der Waals surface area (Å²) in [6, 6.07) is 15.7. The van der Waals surface area contributed by atoms with Crippen LogP contribution in [0.15, 0.2) is 48.5 Å². The number of fused-ring (bicyclic) bond motifs is 1. The van der Waals surface area contributed by atoms with E-state index in [0.29, 0.717) is 18.0 Å². The van der Waals surface area contributed by atoms with Crippen LogP contribution in [0.3, 0.4) is 0 Å². The lowest BCUT2D eigenvalue weighted by Crippen LogP contribution is -2.27. The molecule has 0 bridgehead atoms. The Morgan fingerprint density at radius 1 is 1.14 bits per heavy atom. The number of para-hydroxylation sites is 1. The summed E-state index contributed by atoms with van der Waals surface area (Å²) in [6.45, 7) is 4.85. The number of aromatic nitrogens is 1. The zero-order chi connectivity index (χ0) is 15.5. The van der Waals surface area contributed by atoms with Crippen LogP contribution in [0.4, 0.5) is 0 Å². The maximum Gasteiger partial charge on any atom is 0.251 e. The van der Waals surface area contributed by atoms with Gasteiger partial charge in [-0.3, -0.25) is 4.79 Å². The lowest BCUT2D eigenvalue weighted by molar-refractivity contribution is 0.0949. The molecule has 2 aromatic carbocycles. The van der Waals surface area contributed by atoms with Gasteiger partial charge < -0.3 is 5.32 Å². The van der Waals surface area contributed by atoms with E-state index in [2.05, 4.69) is 30.2 Å². The van der Waals surface area contributed by atoms with Crippen molar-refractivity contribution in [1.29, 1.82) is 0 Å². The maximum absolute atomic E-state index is 12.0. The van der Waals surface area contributed by atoms with Gasteiger partial charge in [0.25, 0.3) is 5.91 Å². The fourth-order valence-corrected chi connectivity index (χ4v) is 3.13. The number of rotatable bonds is 4. The normalized spacial score (nSPS) is 11.0. The molecule has 0 aliphatic carbocycles. The molecule has 0 atom stereocenters. The molecule has 22 heavy (non-hydrogen) atoms. The van der Waals surface area contributed by atoms with Crippen molar-refractivity contribution >= 4 is 27.5 Å². The van der Waals surface area contributed by atoms with Crippen LogP contribution in [0.5, 0.6) is 0 Å². The molecule has 0 aliphatic heterocycles. The number of carbonyl (C=O) groups excluding carboxylic acids is 1. The van der Waals surface area contributed by atoms with Crippen molar-refractivity contribution < 1.29 is 4.79 Å². The highest BCUT2D eigenvalue weighted by Gasteiger charge is 2.09. The Kier molecular flexibility index (Phi) is 4.20. The number of hydrogen-bond acceptors (Lipinski definition) is 3. The fraction of sp³-hybridized carbons (Fsp3) is 0.222. The average molecular weight is 310 g/mol. The second-order valence-corrected chi connectivity index (χ2v) is 6.70. The van der Waals surface area contributed by atoms with Gasteiger partial charge in [0.15, 0.2) is 0 Å². The summed E-state index contributed by atoms with van der Waals surface area (Å²) >= 11 is 1.67. The first kappa shape index (κ1) is 14.7. The van der Waals surface area contributed by atoms with E-state index in [9.17, 15) is 4.79 Å². The third-order valence-electron chi connectivity index (χ3n) is 3.36. The van der Waals surface area contributed by atoms with E-state index in [1.54, 1.807) is 11.3 Å². The molecule has 112 valence electrons. The van der Waals surface area contributed by atoms with Crippen molar-refractivity contribution in [3.05, 3.63) is 54.1 Å². The number of benzene rings is 2. The van der Waals surface area contributed by atoms with Gasteiger partial charge in [-0.05, 0) is 30.2 Å². The molecule has 0 unspecified atom stereocenters. The lowest BCUT2D eigenvalue weighted by atomic mass is 10.1. The molecule has 1 N–H and O–H groups in total. The first-order valence-corrected chi connectivity index (χ1v) is 8.19. The molecule has 0 aliphatic rings. The number of hydrogen-bond donors (Lipinski definition) is 1.